The normalized spacial score (nSPS) is 13.1. The van der Waals surface area contributed by atoms with Gasteiger partial charge in [0.15, 0.2) is 10.8 Å². The van der Waals surface area contributed by atoms with Crippen LogP contribution in [0.25, 0.3) is 21.7 Å². The number of aliphatic hydroxyl groups excluding tert-OH is 1. The fourth-order valence-corrected chi connectivity index (χ4v) is 2.54. The van der Waals surface area contributed by atoms with Gasteiger partial charge in [-0.3, -0.25) is 0 Å². The maximum Gasteiger partial charge on any atom is 0.164 e. The summed E-state index contributed by atoms with van der Waals surface area (Å²) < 4.78 is 5.71. The largest absolute Gasteiger partial charge is 0.454 e. The summed E-state index contributed by atoms with van der Waals surface area (Å²) in [6, 6.07) is 9.83. The first kappa shape index (κ1) is 10.5. The number of rotatable bonds is 2. The molecule has 0 saturated heterocycles. The van der Waals surface area contributed by atoms with E-state index in [1.165, 1.54) is 11.3 Å². The SMILES string of the molecule is CC(O)c1csc(-c2cc3ccccc3o2)n1. The molecular formula is C13H11NO2S. The highest BCUT2D eigenvalue weighted by molar-refractivity contribution is 7.13. The van der Waals surface area contributed by atoms with Gasteiger partial charge in [-0.25, -0.2) is 4.98 Å². The summed E-state index contributed by atoms with van der Waals surface area (Å²) in [6.45, 7) is 1.71. The molecule has 1 aromatic carbocycles. The van der Waals surface area contributed by atoms with Crippen molar-refractivity contribution in [2.24, 2.45) is 0 Å². The van der Waals surface area contributed by atoms with Gasteiger partial charge < -0.3 is 9.52 Å². The third kappa shape index (κ3) is 1.85. The molecule has 0 radical (unpaired) electrons. The molecular weight excluding hydrogens is 234 g/mol. The molecule has 0 spiro atoms. The van der Waals surface area contributed by atoms with Gasteiger partial charge in [-0.1, -0.05) is 18.2 Å². The van der Waals surface area contributed by atoms with E-state index in [0.29, 0.717) is 5.69 Å². The number of thiazole rings is 1. The summed E-state index contributed by atoms with van der Waals surface area (Å²) in [5, 5.41) is 13.2. The van der Waals surface area contributed by atoms with Gasteiger partial charge in [0.05, 0.1) is 11.8 Å². The highest BCUT2D eigenvalue weighted by atomic mass is 32.1. The van der Waals surface area contributed by atoms with Crippen LogP contribution in [-0.4, -0.2) is 10.1 Å². The third-order valence-electron chi connectivity index (χ3n) is 2.59. The molecule has 0 fully saturated rings. The fraction of sp³-hybridized carbons (Fsp3) is 0.154. The lowest BCUT2D eigenvalue weighted by Crippen LogP contribution is -1.89. The minimum absolute atomic E-state index is 0.538. The lowest BCUT2D eigenvalue weighted by atomic mass is 10.2. The second-order valence-corrected chi connectivity index (χ2v) is 4.76. The van der Waals surface area contributed by atoms with Gasteiger partial charge in [0.1, 0.15) is 5.58 Å². The Balaban J connectivity index is 2.07. The Morgan fingerprint density at radius 2 is 2.18 bits per heavy atom. The molecule has 0 saturated carbocycles. The Labute approximate surface area is 102 Å². The molecule has 1 atom stereocenters. The molecule has 3 aromatic rings. The van der Waals surface area contributed by atoms with Gasteiger partial charge in [-0.15, -0.1) is 11.3 Å². The molecule has 1 unspecified atom stereocenters. The van der Waals surface area contributed by atoms with Crippen molar-refractivity contribution in [2.45, 2.75) is 13.0 Å². The van der Waals surface area contributed by atoms with Crippen LogP contribution >= 0.6 is 11.3 Å². The van der Waals surface area contributed by atoms with E-state index in [-0.39, 0.29) is 0 Å². The summed E-state index contributed by atoms with van der Waals surface area (Å²) >= 11 is 1.48. The van der Waals surface area contributed by atoms with Crippen molar-refractivity contribution in [2.75, 3.05) is 0 Å². The van der Waals surface area contributed by atoms with Crippen LogP contribution in [0.1, 0.15) is 18.7 Å². The summed E-state index contributed by atoms with van der Waals surface area (Å²) in [5.74, 6) is 0.753. The maximum atomic E-state index is 9.44. The van der Waals surface area contributed by atoms with Gasteiger partial charge in [0, 0.05) is 10.8 Å². The van der Waals surface area contributed by atoms with Crippen LogP contribution in [0.5, 0.6) is 0 Å². The smallest absolute Gasteiger partial charge is 0.164 e. The Morgan fingerprint density at radius 3 is 2.88 bits per heavy atom. The van der Waals surface area contributed by atoms with Crippen molar-refractivity contribution in [3.05, 3.63) is 41.4 Å². The zero-order chi connectivity index (χ0) is 11.8. The zero-order valence-electron chi connectivity index (χ0n) is 9.25. The lowest BCUT2D eigenvalue weighted by Gasteiger charge is -1.95. The van der Waals surface area contributed by atoms with Crippen molar-refractivity contribution in [3.63, 3.8) is 0 Å². The maximum absolute atomic E-state index is 9.44. The molecule has 4 heteroatoms. The van der Waals surface area contributed by atoms with Crippen LogP contribution in [-0.2, 0) is 0 Å². The molecule has 0 bridgehead atoms. The van der Waals surface area contributed by atoms with Gasteiger partial charge >= 0.3 is 0 Å². The van der Waals surface area contributed by atoms with Crippen LogP contribution in [0.3, 0.4) is 0 Å². The van der Waals surface area contributed by atoms with Crippen molar-refractivity contribution in [1.29, 1.82) is 0 Å². The molecule has 0 aliphatic carbocycles. The van der Waals surface area contributed by atoms with Gasteiger partial charge in [0.2, 0.25) is 0 Å². The predicted molar refractivity (Wildman–Crippen MR) is 68.0 cm³/mol. The number of furan rings is 1. The van der Waals surface area contributed by atoms with E-state index in [1.54, 1.807) is 6.92 Å². The van der Waals surface area contributed by atoms with E-state index in [4.69, 9.17) is 4.42 Å². The van der Waals surface area contributed by atoms with E-state index in [0.717, 1.165) is 21.7 Å². The number of aliphatic hydroxyl groups is 1. The molecule has 86 valence electrons. The molecule has 2 heterocycles. The Morgan fingerprint density at radius 1 is 1.35 bits per heavy atom. The van der Waals surface area contributed by atoms with Crippen molar-refractivity contribution in [1.82, 2.24) is 4.98 Å². The number of nitrogens with zero attached hydrogens (tertiary/aromatic N) is 1. The Hall–Kier alpha value is -1.65. The molecule has 3 rings (SSSR count). The van der Waals surface area contributed by atoms with Crippen molar-refractivity contribution >= 4 is 22.3 Å². The van der Waals surface area contributed by atoms with Gasteiger partial charge in [-0.05, 0) is 19.1 Å². The topological polar surface area (TPSA) is 46.3 Å². The third-order valence-corrected chi connectivity index (χ3v) is 3.46. The average Bonchev–Trinajstić information content (AvgIpc) is 2.95. The number of fused-ring (bicyclic) bond motifs is 1. The minimum atomic E-state index is -0.538. The summed E-state index contributed by atoms with van der Waals surface area (Å²) in [4.78, 5) is 4.35. The van der Waals surface area contributed by atoms with Crippen LogP contribution < -0.4 is 0 Å². The standard InChI is InChI=1S/C13H11NO2S/c1-8(15)10-7-17-13(14-10)12-6-9-4-2-3-5-11(9)16-12/h2-8,15H,1H3. The summed E-state index contributed by atoms with van der Waals surface area (Å²) in [7, 11) is 0. The minimum Gasteiger partial charge on any atom is -0.454 e. The van der Waals surface area contributed by atoms with Gasteiger partial charge in [0.25, 0.3) is 0 Å². The monoisotopic (exact) mass is 245 g/mol. The molecule has 0 aliphatic heterocycles. The number of para-hydroxylation sites is 1. The number of hydrogen-bond acceptors (Lipinski definition) is 4. The van der Waals surface area contributed by atoms with Crippen molar-refractivity contribution in [3.8, 4) is 10.8 Å². The Bertz CT molecular complexity index is 621. The first-order valence-electron chi connectivity index (χ1n) is 5.36. The van der Waals surface area contributed by atoms with E-state index in [1.807, 2.05) is 35.7 Å². The van der Waals surface area contributed by atoms with Gasteiger partial charge in [-0.2, -0.15) is 0 Å². The second kappa shape index (κ2) is 3.98. The first-order valence-corrected chi connectivity index (χ1v) is 6.24. The van der Waals surface area contributed by atoms with Crippen LogP contribution in [0.2, 0.25) is 0 Å². The lowest BCUT2D eigenvalue weighted by molar-refractivity contribution is 0.195. The zero-order valence-corrected chi connectivity index (χ0v) is 10.1. The summed E-state index contributed by atoms with van der Waals surface area (Å²) in [5.41, 5.74) is 1.54. The predicted octanol–water partition coefficient (Wildman–Crippen LogP) is 3.61. The fourth-order valence-electron chi connectivity index (χ4n) is 1.68. The highest BCUT2D eigenvalue weighted by Crippen LogP contribution is 2.30. The van der Waals surface area contributed by atoms with Crippen LogP contribution in [0, 0.1) is 0 Å². The molecule has 1 N–H and O–H groups in total. The van der Waals surface area contributed by atoms with E-state index in [9.17, 15) is 5.11 Å². The van der Waals surface area contributed by atoms with E-state index < -0.39 is 6.10 Å². The number of benzene rings is 1. The quantitative estimate of drug-likeness (QED) is 0.750. The van der Waals surface area contributed by atoms with Crippen LogP contribution in [0.4, 0.5) is 0 Å². The molecule has 17 heavy (non-hydrogen) atoms. The average molecular weight is 245 g/mol. The molecule has 3 nitrogen and oxygen atoms in total. The second-order valence-electron chi connectivity index (χ2n) is 3.90. The van der Waals surface area contributed by atoms with Crippen molar-refractivity contribution < 1.29 is 9.52 Å². The molecule has 2 aromatic heterocycles. The summed E-state index contributed by atoms with van der Waals surface area (Å²) in [6.07, 6.45) is -0.538. The highest BCUT2D eigenvalue weighted by Gasteiger charge is 2.12. The Kier molecular flexibility index (Phi) is 2.46. The van der Waals surface area contributed by atoms with E-state index in [2.05, 4.69) is 4.98 Å². The van der Waals surface area contributed by atoms with E-state index >= 15 is 0 Å². The number of aromatic nitrogens is 1. The molecule has 0 amide bonds. The molecule has 0 aliphatic rings. The van der Waals surface area contributed by atoms with Crippen LogP contribution in [0.15, 0.2) is 40.1 Å². The first-order chi connectivity index (χ1) is 8.24. The number of hydrogen-bond donors (Lipinski definition) is 1.